The lowest BCUT2D eigenvalue weighted by Crippen LogP contribution is -2.31. The molecular formula is C18H18N2O3S. The Morgan fingerprint density at radius 1 is 1.17 bits per heavy atom. The number of aryl methyl sites for hydroxylation is 1. The van der Waals surface area contributed by atoms with Gasteiger partial charge in [0.2, 0.25) is 5.91 Å². The molecule has 24 heavy (non-hydrogen) atoms. The van der Waals surface area contributed by atoms with E-state index in [2.05, 4.69) is 0 Å². The quantitative estimate of drug-likeness (QED) is 0.926. The molecule has 1 aliphatic rings. The number of para-hydroxylation sites is 1. The lowest BCUT2D eigenvalue weighted by atomic mass is 10.0. The highest BCUT2D eigenvalue weighted by molar-refractivity contribution is 7.95. The van der Waals surface area contributed by atoms with Crippen LogP contribution in [-0.2, 0) is 14.8 Å². The zero-order chi connectivity index (χ0) is 17.3. The molecule has 1 aliphatic heterocycles. The van der Waals surface area contributed by atoms with Gasteiger partial charge in [-0.2, -0.15) is 0 Å². The fourth-order valence-corrected chi connectivity index (χ4v) is 4.04. The van der Waals surface area contributed by atoms with Crippen LogP contribution >= 0.6 is 0 Å². The molecule has 0 bridgehead atoms. The Morgan fingerprint density at radius 3 is 2.50 bits per heavy atom. The van der Waals surface area contributed by atoms with Crippen LogP contribution in [0.4, 0.5) is 5.69 Å². The van der Waals surface area contributed by atoms with Crippen molar-refractivity contribution in [3.8, 4) is 0 Å². The van der Waals surface area contributed by atoms with Gasteiger partial charge in [-0.1, -0.05) is 48.0 Å². The topological polar surface area (TPSA) is 80.5 Å². The Hall–Kier alpha value is -2.60. The Kier molecular flexibility index (Phi) is 4.15. The zero-order valence-corrected chi connectivity index (χ0v) is 14.0. The van der Waals surface area contributed by atoms with Gasteiger partial charge in [-0.3, -0.25) is 9.10 Å². The number of rotatable bonds is 4. The van der Waals surface area contributed by atoms with Gasteiger partial charge in [0, 0.05) is 0 Å². The Bertz CT molecular complexity index is 902. The van der Waals surface area contributed by atoms with Gasteiger partial charge in [0.25, 0.3) is 10.0 Å². The summed E-state index contributed by atoms with van der Waals surface area (Å²) < 4.78 is 26.6. The minimum absolute atomic E-state index is 0.0370. The number of hydrogen-bond donors (Lipinski definition) is 1. The standard InChI is InChI=1S/C18H18N2O3S/c1-13-6-8-14(9-7-13)10-11-24(22,23)20-12-16(18(19)21)15-4-2-3-5-17(15)20/h2-11,16H,12H2,1H3,(H2,19,21)/b11-10-/t16-/m1/s1. The van der Waals surface area contributed by atoms with Gasteiger partial charge < -0.3 is 5.73 Å². The molecular weight excluding hydrogens is 324 g/mol. The maximum atomic E-state index is 12.7. The summed E-state index contributed by atoms with van der Waals surface area (Å²) in [7, 11) is -3.70. The Labute approximate surface area is 141 Å². The number of sulfonamides is 1. The number of benzene rings is 2. The highest BCUT2D eigenvalue weighted by atomic mass is 32.2. The first-order chi connectivity index (χ1) is 11.4. The second-order valence-corrected chi connectivity index (χ2v) is 7.55. The van der Waals surface area contributed by atoms with Crippen molar-refractivity contribution in [3.05, 3.63) is 70.6 Å². The second kappa shape index (κ2) is 6.13. The average Bonchev–Trinajstić information content (AvgIpc) is 2.95. The molecule has 2 N–H and O–H groups in total. The van der Waals surface area contributed by atoms with Crippen LogP contribution < -0.4 is 10.0 Å². The van der Waals surface area contributed by atoms with Gasteiger partial charge >= 0.3 is 0 Å². The fraction of sp³-hybridized carbons (Fsp3) is 0.167. The van der Waals surface area contributed by atoms with E-state index in [0.717, 1.165) is 16.5 Å². The molecule has 0 fully saturated rings. The average molecular weight is 342 g/mol. The minimum atomic E-state index is -3.70. The van der Waals surface area contributed by atoms with Crippen molar-refractivity contribution >= 4 is 27.7 Å². The van der Waals surface area contributed by atoms with E-state index < -0.39 is 21.8 Å². The van der Waals surface area contributed by atoms with Crippen molar-refractivity contribution in [2.24, 2.45) is 5.73 Å². The lowest BCUT2D eigenvalue weighted by Gasteiger charge is -2.17. The van der Waals surface area contributed by atoms with E-state index in [1.54, 1.807) is 30.3 Å². The normalized spacial score (nSPS) is 17.2. The molecule has 0 saturated carbocycles. The molecule has 1 atom stereocenters. The number of nitrogens with zero attached hydrogens (tertiary/aromatic N) is 1. The van der Waals surface area contributed by atoms with E-state index in [1.165, 1.54) is 4.31 Å². The van der Waals surface area contributed by atoms with Gasteiger partial charge in [-0.05, 0) is 30.2 Å². The van der Waals surface area contributed by atoms with E-state index in [4.69, 9.17) is 5.73 Å². The third kappa shape index (κ3) is 3.05. The summed E-state index contributed by atoms with van der Waals surface area (Å²) >= 11 is 0. The molecule has 0 radical (unpaired) electrons. The highest BCUT2D eigenvalue weighted by Gasteiger charge is 2.37. The molecule has 124 valence electrons. The van der Waals surface area contributed by atoms with Crippen molar-refractivity contribution in [1.82, 2.24) is 0 Å². The SMILES string of the molecule is Cc1ccc(/C=C\S(=O)(=O)N2C[C@@H](C(N)=O)c3ccccc32)cc1. The first-order valence-corrected chi connectivity index (χ1v) is 9.04. The molecule has 0 saturated heterocycles. The largest absolute Gasteiger partial charge is 0.369 e. The summed E-state index contributed by atoms with van der Waals surface area (Å²) in [5, 5.41) is 1.16. The number of nitrogens with two attached hydrogens (primary N) is 1. The van der Waals surface area contributed by atoms with Gasteiger partial charge in [-0.15, -0.1) is 0 Å². The van der Waals surface area contributed by atoms with Crippen LogP contribution in [0.5, 0.6) is 0 Å². The molecule has 1 amide bonds. The molecule has 6 heteroatoms. The van der Waals surface area contributed by atoms with Gasteiger partial charge in [0.15, 0.2) is 0 Å². The zero-order valence-electron chi connectivity index (χ0n) is 13.2. The van der Waals surface area contributed by atoms with E-state index in [0.29, 0.717) is 11.3 Å². The molecule has 2 aromatic rings. The molecule has 0 aliphatic carbocycles. The monoisotopic (exact) mass is 342 g/mol. The maximum absolute atomic E-state index is 12.7. The molecule has 0 unspecified atom stereocenters. The fourth-order valence-electron chi connectivity index (χ4n) is 2.77. The van der Waals surface area contributed by atoms with E-state index >= 15 is 0 Å². The first-order valence-electron chi connectivity index (χ1n) is 7.54. The van der Waals surface area contributed by atoms with Gasteiger partial charge in [0.05, 0.1) is 23.6 Å². The minimum Gasteiger partial charge on any atom is -0.369 e. The molecule has 2 aromatic carbocycles. The number of carbonyl (C=O) groups is 1. The number of primary amides is 1. The third-order valence-electron chi connectivity index (χ3n) is 4.09. The summed E-state index contributed by atoms with van der Waals surface area (Å²) in [6.07, 6.45) is 1.55. The van der Waals surface area contributed by atoms with E-state index in [1.807, 2.05) is 31.2 Å². The van der Waals surface area contributed by atoms with Crippen molar-refractivity contribution < 1.29 is 13.2 Å². The van der Waals surface area contributed by atoms with Crippen LogP contribution in [0.3, 0.4) is 0 Å². The second-order valence-electron chi connectivity index (χ2n) is 5.80. The number of fused-ring (bicyclic) bond motifs is 1. The number of anilines is 1. The Balaban J connectivity index is 1.93. The van der Waals surface area contributed by atoms with Crippen molar-refractivity contribution in [3.63, 3.8) is 0 Å². The molecule has 1 heterocycles. The van der Waals surface area contributed by atoms with Crippen LogP contribution in [0, 0.1) is 6.92 Å². The van der Waals surface area contributed by atoms with Crippen LogP contribution in [-0.4, -0.2) is 20.9 Å². The summed E-state index contributed by atoms with van der Waals surface area (Å²) in [5.41, 5.74) is 8.48. The van der Waals surface area contributed by atoms with E-state index in [-0.39, 0.29) is 6.54 Å². The lowest BCUT2D eigenvalue weighted by molar-refractivity contribution is -0.119. The highest BCUT2D eigenvalue weighted by Crippen LogP contribution is 2.38. The summed E-state index contributed by atoms with van der Waals surface area (Å²) in [5.74, 6) is -1.15. The molecule has 3 rings (SSSR count). The Morgan fingerprint density at radius 2 is 1.83 bits per heavy atom. The van der Waals surface area contributed by atoms with Crippen LogP contribution in [0.1, 0.15) is 22.6 Å². The van der Waals surface area contributed by atoms with Crippen LogP contribution in [0.2, 0.25) is 0 Å². The predicted octanol–water partition coefficient (Wildman–Crippen LogP) is 2.38. The van der Waals surface area contributed by atoms with Crippen LogP contribution in [0.15, 0.2) is 53.9 Å². The van der Waals surface area contributed by atoms with Crippen molar-refractivity contribution in [1.29, 1.82) is 0 Å². The van der Waals surface area contributed by atoms with Crippen LogP contribution in [0.25, 0.3) is 6.08 Å². The predicted molar refractivity (Wildman–Crippen MR) is 94.9 cm³/mol. The maximum Gasteiger partial charge on any atom is 0.257 e. The van der Waals surface area contributed by atoms with Gasteiger partial charge in [-0.25, -0.2) is 8.42 Å². The summed E-state index contributed by atoms with van der Waals surface area (Å²) in [6, 6.07) is 14.5. The summed E-state index contributed by atoms with van der Waals surface area (Å²) in [4.78, 5) is 11.6. The number of hydrogen-bond acceptors (Lipinski definition) is 3. The number of amides is 1. The third-order valence-corrected chi connectivity index (χ3v) is 5.53. The van der Waals surface area contributed by atoms with Crippen molar-refractivity contribution in [2.45, 2.75) is 12.8 Å². The smallest absolute Gasteiger partial charge is 0.257 e. The number of carbonyl (C=O) groups excluding carboxylic acids is 1. The molecule has 0 aromatic heterocycles. The van der Waals surface area contributed by atoms with E-state index in [9.17, 15) is 13.2 Å². The van der Waals surface area contributed by atoms with Crippen molar-refractivity contribution in [2.75, 3.05) is 10.8 Å². The van der Waals surface area contributed by atoms with Gasteiger partial charge in [0.1, 0.15) is 0 Å². The summed E-state index contributed by atoms with van der Waals surface area (Å²) in [6.45, 7) is 2.00. The first kappa shape index (κ1) is 16.3. The molecule has 0 spiro atoms. The molecule has 5 nitrogen and oxygen atoms in total.